The van der Waals surface area contributed by atoms with Gasteiger partial charge in [-0.1, -0.05) is 11.6 Å². The number of hydrogen-bond acceptors (Lipinski definition) is 4. The number of piperazine rings is 1. The van der Waals surface area contributed by atoms with Crippen LogP contribution in [0.1, 0.15) is 6.42 Å². The van der Waals surface area contributed by atoms with E-state index in [9.17, 15) is 9.59 Å². The fourth-order valence-electron chi connectivity index (χ4n) is 2.10. The minimum absolute atomic E-state index is 0.0899. The fraction of sp³-hybridized carbons (Fsp3) is 0.429. The second-order valence-electron chi connectivity index (χ2n) is 5.13. The van der Waals surface area contributed by atoms with Crippen molar-refractivity contribution in [2.24, 2.45) is 0 Å². The van der Waals surface area contributed by atoms with Gasteiger partial charge in [-0.15, -0.1) is 0 Å². The minimum Gasteiger partial charge on any atom is -0.397 e. The maximum atomic E-state index is 11.9. The lowest BCUT2D eigenvalue weighted by atomic mass is 10.2. The Morgan fingerprint density at radius 1 is 1.43 bits per heavy atom. The molecule has 0 bridgehead atoms. The number of anilines is 2. The molecule has 1 fully saturated rings. The second kappa shape index (κ2) is 6.78. The van der Waals surface area contributed by atoms with E-state index in [-0.39, 0.29) is 11.8 Å². The molecule has 1 saturated heterocycles. The van der Waals surface area contributed by atoms with Crippen LogP contribution in [0.5, 0.6) is 0 Å². The van der Waals surface area contributed by atoms with E-state index in [2.05, 4.69) is 5.32 Å². The number of amides is 2. The number of nitrogens with zero attached hydrogens (tertiary/aromatic N) is 2. The molecular formula is C14H19ClN4O2. The number of benzene rings is 1. The highest BCUT2D eigenvalue weighted by atomic mass is 35.5. The lowest BCUT2D eigenvalue weighted by Crippen LogP contribution is -2.49. The van der Waals surface area contributed by atoms with E-state index in [1.165, 1.54) is 0 Å². The number of carbonyl (C=O) groups is 2. The molecule has 2 amide bonds. The first-order valence-electron chi connectivity index (χ1n) is 6.77. The van der Waals surface area contributed by atoms with Crippen molar-refractivity contribution in [3.63, 3.8) is 0 Å². The van der Waals surface area contributed by atoms with Crippen LogP contribution in [-0.2, 0) is 9.59 Å². The Bertz CT molecular complexity index is 550. The van der Waals surface area contributed by atoms with Gasteiger partial charge < -0.3 is 16.0 Å². The van der Waals surface area contributed by atoms with Gasteiger partial charge in [-0.3, -0.25) is 14.5 Å². The van der Waals surface area contributed by atoms with Gasteiger partial charge in [0, 0.05) is 38.8 Å². The summed E-state index contributed by atoms with van der Waals surface area (Å²) in [7, 11) is 1.79. The zero-order valence-corrected chi connectivity index (χ0v) is 12.7. The van der Waals surface area contributed by atoms with E-state index in [0.717, 1.165) is 6.54 Å². The average Bonchev–Trinajstić information content (AvgIpc) is 2.44. The summed E-state index contributed by atoms with van der Waals surface area (Å²) in [4.78, 5) is 27.1. The third-order valence-electron chi connectivity index (χ3n) is 3.47. The van der Waals surface area contributed by atoms with Crippen LogP contribution in [0, 0.1) is 0 Å². The van der Waals surface area contributed by atoms with Crippen molar-refractivity contribution in [2.75, 3.05) is 44.3 Å². The van der Waals surface area contributed by atoms with Crippen LogP contribution in [0.15, 0.2) is 18.2 Å². The summed E-state index contributed by atoms with van der Waals surface area (Å²) in [5.74, 6) is -0.0183. The van der Waals surface area contributed by atoms with E-state index in [4.69, 9.17) is 17.3 Å². The number of nitrogens with two attached hydrogens (primary N) is 1. The highest BCUT2D eigenvalue weighted by molar-refractivity contribution is 6.33. The summed E-state index contributed by atoms with van der Waals surface area (Å²) in [6.07, 6.45) is 0.333. The monoisotopic (exact) mass is 310 g/mol. The van der Waals surface area contributed by atoms with E-state index in [0.29, 0.717) is 42.5 Å². The summed E-state index contributed by atoms with van der Waals surface area (Å²) in [6, 6.07) is 4.97. The Hall–Kier alpha value is -1.79. The number of hydrogen-bond donors (Lipinski definition) is 2. The van der Waals surface area contributed by atoms with Crippen molar-refractivity contribution >= 4 is 34.8 Å². The molecule has 0 saturated carbocycles. The molecule has 1 heterocycles. The van der Waals surface area contributed by atoms with E-state index >= 15 is 0 Å². The molecule has 0 spiro atoms. The zero-order valence-electron chi connectivity index (χ0n) is 11.9. The zero-order chi connectivity index (χ0) is 15.4. The maximum absolute atomic E-state index is 11.9. The highest BCUT2D eigenvalue weighted by Gasteiger charge is 2.21. The van der Waals surface area contributed by atoms with Gasteiger partial charge in [0.05, 0.1) is 17.3 Å². The van der Waals surface area contributed by atoms with Crippen molar-refractivity contribution in [3.05, 3.63) is 23.2 Å². The second-order valence-corrected chi connectivity index (χ2v) is 5.53. The summed E-state index contributed by atoms with van der Waals surface area (Å²) in [5.41, 5.74) is 6.73. The van der Waals surface area contributed by atoms with Crippen molar-refractivity contribution < 1.29 is 9.59 Å². The van der Waals surface area contributed by atoms with Crippen LogP contribution in [0.4, 0.5) is 11.4 Å². The first kappa shape index (κ1) is 15.6. The summed E-state index contributed by atoms with van der Waals surface area (Å²) < 4.78 is 0. The van der Waals surface area contributed by atoms with Crippen LogP contribution in [0.25, 0.3) is 0 Å². The minimum atomic E-state index is -0.108. The Labute approximate surface area is 128 Å². The fourth-order valence-corrected chi connectivity index (χ4v) is 2.22. The van der Waals surface area contributed by atoms with Gasteiger partial charge in [-0.25, -0.2) is 0 Å². The smallest absolute Gasteiger partial charge is 0.236 e. The van der Waals surface area contributed by atoms with Crippen LogP contribution < -0.4 is 11.1 Å². The highest BCUT2D eigenvalue weighted by Crippen LogP contribution is 2.22. The van der Waals surface area contributed by atoms with Gasteiger partial charge in [-0.05, 0) is 18.2 Å². The Morgan fingerprint density at radius 2 is 2.19 bits per heavy atom. The molecule has 0 aliphatic carbocycles. The molecule has 1 aromatic rings. The molecule has 2 rings (SSSR count). The number of likely N-dealkylation sites (N-methyl/N-ethyl adjacent to an activating group) is 1. The van der Waals surface area contributed by atoms with Crippen molar-refractivity contribution in [3.8, 4) is 0 Å². The lowest BCUT2D eigenvalue weighted by molar-refractivity contribution is -0.134. The molecule has 0 aromatic heterocycles. The molecule has 6 nitrogen and oxygen atoms in total. The van der Waals surface area contributed by atoms with Gasteiger partial charge in [-0.2, -0.15) is 0 Å². The first-order valence-corrected chi connectivity index (χ1v) is 7.14. The quantitative estimate of drug-likeness (QED) is 0.814. The summed E-state index contributed by atoms with van der Waals surface area (Å²) >= 11 is 5.83. The molecule has 21 heavy (non-hydrogen) atoms. The number of carbonyl (C=O) groups excluding carboxylic acids is 2. The molecule has 1 aliphatic rings. The predicted molar refractivity (Wildman–Crippen MR) is 83.2 cm³/mol. The van der Waals surface area contributed by atoms with Gasteiger partial charge in [0.1, 0.15) is 0 Å². The number of halogens is 1. The molecule has 7 heteroatoms. The van der Waals surface area contributed by atoms with Crippen LogP contribution >= 0.6 is 11.6 Å². The largest absolute Gasteiger partial charge is 0.397 e. The summed E-state index contributed by atoms with van der Waals surface area (Å²) in [6.45, 7) is 2.43. The van der Waals surface area contributed by atoms with Gasteiger partial charge in [0.2, 0.25) is 11.8 Å². The first-order chi connectivity index (χ1) is 9.95. The average molecular weight is 311 g/mol. The molecule has 1 aliphatic heterocycles. The Morgan fingerprint density at radius 3 is 2.86 bits per heavy atom. The summed E-state index contributed by atoms with van der Waals surface area (Å²) in [5, 5.41) is 3.23. The third-order valence-corrected chi connectivity index (χ3v) is 3.82. The third kappa shape index (κ3) is 4.34. The van der Waals surface area contributed by atoms with E-state index in [1.54, 1.807) is 30.1 Å². The number of nitrogen functional groups attached to an aromatic ring is 1. The van der Waals surface area contributed by atoms with Gasteiger partial charge >= 0.3 is 0 Å². The predicted octanol–water partition coefficient (Wildman–Crippen LogP) is 1.02. The molecule has 0 unspecified atom stereocenters. The van der Waals surface area contributed by atoms with Crippen molar-refractivity contribution in [1.82, 2.24) is 9.80 Å². The SMILES string of the molecule is CN1CCN(CCC(=O)Nc2ccc(Cl)c(N)c2)CC1=O. The topological polar surface area (TPSA) is 78.7 Å². The maximum Gasteiger partial charge on any atom is 0.236 e. The Balaban J connectivity index is 1.79. The lowest BCUT2D eigenvalue weighted by Gasteiger charge is -2.31. The van der Waals surface area contributed by atoms with Crippen molar-refractivity contribution in [1.29, 1.82) is 0 Å². The Kier molecular flexibility index (Phi) is 5.03. The molecule has 114 valence electrons. The van der Waals surface area contributed by atoms with Crippen molar-refractivity contribution in [2.45, 2.75) is 6.42 Å². The van der Waals surface area contributed by atoms with Gasteiger partial charge in [0.15, 0.2) is 0 Å². The molecule has 0 radical (unpaired) electrons. The van der Waals surface area contributed by atoms with E-state index in [1.807, 2.05) is 4.90 Å². The molecule has 3 N–H and O–H groups in total. The van der Waals surface area contributed by atoms with Gasteiger partial charge in [0.25, 0.3) is 0 Å². The molecule has 1 aromatic carbocycles. The molecular weight excluding hydrogens is 292 g/mol. The van der Waals surface area contributed by atoms with Crippen LogP contribution in [0.3, 0.4) is 0 Å². The van der Waals surface area contributed by atoms with Crippen LogP contribution in [-0.4, -0.2) is 54.8 Å². The number of nitrogens with one attached hydrogen (secondary N) is 1. The molecule has 0 atom stereocenters. The van der Waals surface area contributed by atoms with E-state index < -0.39 is 0 Å². The normalized spacial score (nSPS) is 16.1. The van der Waals surface area contributed by atoms with Crippen LogP contribution in [0.2, 0.25) is 5.02 Å². The standard InChI is InChI=1S/C14H19ClN4O2/c1-18-6-7-19(9-14(18)21)5-4-13(20)17-10-2-3-11(15)12(16)8-10/h2-3,8H,4-7,9,16H2,1H3,(H,17,20). The number of rotatable bonds is 4.